The largest absolute Gasteiger partial charge is 0.481 e. The maximum absolute atomic E-state index is 11.6. The molecule has 1 aliphatic carbocycles. The number of carboxylic acid groups (broad SMARTS) is 1. The van der Waals surface area contributed by atoms with Crippen LogP contribution in [0.25, 0.3) is 0 Å². The van der Waals surface area contributed by atoms with Crippen molar-refractivity contribution in [3.05, 3.63) is 29.0 Å². The molecule has 18 heavy (non-hydrogen) atoms. The van der Waals surface area contributed by atoms with Gasteiger partial charge in [-0.2, -0.15) is 0 Å². The van der Waals surface area contributed by atoms with Crippen LogP contribution in [0.4, 0.5) is 0 Å². The van der Waals surface area contributed by atoms with Crippen LogP contribution in [0.15, 0.2) is 18.5 Å². The minimum Gasteiger partial charge on any atom is -0.481 e. The summed E-state index contributed by atoms with van der Waals surface area (Å²) in [6, 6.07) is 1.83. The van der Waals surface area contributed by atoms with Crippen molar-refractivity contribution in [3.63, 3.8) is 0 Å². The summed E-state index contributed by atoms with van der Waals surface area (Å²) < 4.78 is 0. The van der Waals surface area contributed by atoms with Gasteiger partial charge in [-0.05, 0) is 43.2 Å². The predicted octanol–water partition coefficient (Wildman–Crippen LogP) is 3.56. The minimum absolute atomic E-state index is 0.514. The van der Waals surface area contributed by atoms with Gasteiger partial charge in [-0.25, -0.2) is 0 Å². The van der Waals surface area contributed by atoms with Crippen molar-refractivity contribution in [1.82, 2.24) is 4.98 Å². The van der Waals surface area contributed by atoms with Gasteiger partial charge < -0.3 is 5.11 Å². The van der Waals surface area contributed by atoms with Gasteiger partial charge in [0.1, 0.15) is 0 Å². The number of aliphatic carboxylic acids is 1. The lowest BCUT2D eigenvalue weighted by Gasteiger charge is -2.25. The van der Waals surface area contributed by atoms with E-state index in [9.17, 15) is 9.90 Å². The zero-order valence-electron chi connectivity index (χ0n) is 10.5. The summed E-state index contributed by atoms with van der Waals surface area (Å²) in [7, 11) is 0. The standard InChI is InChI=1S/C14H18ClNO2/c1-2-10-3-5-14(7-10,13(17)18)8-11-4-6-16-9-12(11)15/h4,6,9-10H,2-3,5,7-8H2,1H3,(H,17,18). The quantitative estimate of drug-likeness (QED) is 0.907. The van der Waals surface area contributed by atoms with Gasteiger partial charge >= 0.3 is 5.97 Å². The smallest absolute Gasteiger partial charge is 0.309 e. The highest BCUT2D eigenvalue weighted by atomic mass is 35.5. The fourth-order valence-corrected chi connectivity index (χ4v) is 3.11. The summed E-state index contributed by atoms with van der Waals surface area (Å²) >= 11 is 6.08. The Balaban J connectivity index is 2.23. The zero-order chi connectivity index (χ0) is 13.2. The number of nitrogens with zero attached hydrogens (tertiary/aromatic N) is 1. The molecule has 1 aliphatic rings. The second-order valence-electron chi connectivity index (χ2n) is 5.25. The number of aromatic nitrogens is 1. The first kappa shape index (κ1) is 13.3. The van der Waals surface area contributed by atoms with E-state index in [0.29, 0.717) is 17.4 Å². The van der Waals surface area contributed by atoms with Gasteiger partial charge in [0.15, 0.2) is 0 Å². The van der Waals surface area contributed by atoms with Gasteiger partial charge in [0.25, 0.3) is 0 Å². The molecule has 0 amide bonds. The third-order valence-electron chi connectivity index (χ3n) is 4.13. The summed E-state index contributed by atoms with van der Waals surface area (Å²) in [5.41, 5.74) is 0.261. The van der Waals surface area contributed by atoms with Gasteiger partial charge in [-0.3, -0.25) is 9.78 Å². The van der Waals surface area contributed by atoms with Crippen LogP contribution in [0.3, 0.4) is 0 Å². The van der Waals surface area contributed by atoms with Crippen LogP contribution in [0.5, 0.6) is 0 Å². The fourth-order valence-electron chi connectivity index (χ4n) is 2.93. The van der Waals surface area contributed by atoms with E-state index in [0.717, 1.165) is 31.2 Å². The molecule has 2 rings (SSSR count). The lowest BCUT2D eigenvalue weighted by molar-refractivity contribution is -0.148. The molecule has 1 heterocycles. The normalized spacial score (nSPS) is 27.3. The van der Waals surface area contributed by atoms with Crippen molar-refractivity contribution in [3.8, 4) is 0 Å². The molecule has 1 N–H and O–H groups in total. The van der Waals surface area contributed by atoms with Gasteiger partial charge in [0.2, 0.25) is 0 Å². The Kier molecular flexibility index (Phi) is 3.91. The zero-order valence-corrected chi connectivity index (χ0v) is 11.3. The highest BCUT2D eigenvalue weighted by Crippen LogP contribution is 2.46. The Morgan fingerprint density at radius 1 is 1.67 bits per heavy atom. The van der Waals surface area contributed by atoms with Crippen molar-refractivity contribution in [1.29, 1.82) is 0 Å². The molecule has 4 heteroatoms. The molecular formula is C14H18ClNO2. The number of halogens is 1. The number of hydrogen-bond donors (Lipinski definition) is 1. The lowest BCUT2D eigenvalue weighted by atomic mass is 9.79. The highest BCUT2D eigenvalue weighted by molar-refractivity contribution is 6.31. The third kappa shape index (κ3) is 2.51. The van der Waals surface area contributed by atoms with Crippen LogP contribution in [-0.4, -0.2) is 16.1 Å². The molecule has 2 unspecified atom stereocenters. The molecule has 1 fully saturated rings. The molecular weight excluding hydrogens is 250 g/mol. The van der Waals surface area contributed by atoms with Crippen molar-refractivity contribution in [2.75, 3.05) is 0 Å². The summed E-state index contributed by atoms with van der Waals surface area (Å²) in [4.78, 5) is 15.6. The maximum atomic E-state index is 11.6. The SMILES string of the molecule is CCC1CCC(Cc2ccncc2Cl)(C(=O)O)C1. The average Bonchev–Trinajstić information content (AvgIpc) is 2.77. The number of carbonyl (C=O) groups is 1. The Morgan fingerprint density at radius 3 is 3.00 bits per heavy atom. The summed E-state index contributed by atoms with van der Waals surface area (Å²) in [6.45, 7) is 2.13. The lowest BCUT2D eigenvalue weighted by Crippen LogP contribution is -2.31. The van der Waals surface area contributed by atoms with Crippen molar-refractivity contribution in [2.24, 2.45) is 11.3 Å². The molecule has 3 nitrogen and oxygen atoms in total. The molecule has 0 radical (unpaired) electrons. The number of hydrogen-bond acceptors (Lipinski definition) is 2. The maximum Gasteiger partial charge on any atom is 0.309 e. The Bertz CT molecular complexity index is 449. The molecule has 98 valence electrons. The van der Waals surface area contributed by atoms with E-state index in [1.165, 1.54) is 0 Å². The van der Waals surface area contributed by atoms with E-state index in [1.54, 1.807) is 12.4 Å². The molecule has 2 atom stereocenters. The van der Waals surface area contributed by atoms with E-state index in [4.69, 9.17) is 11.6 Å². The predicted molar refractivity (Wildman–Crippen MR) is 70.7 cm³/mol. The Hall–Kier alpha value is -1.09. The third-order valence-corrected chi connectivity index (χ3v) is 4.47. The Morgan fingerprint density at radius 2 is 2.44 bits per heavy atom. The van der Waals surface area contributed by atoms with Crippen LogP contribution < -0.4 is 0 Å². The van der Waals surface area contributed by atoms with Crippen molar-refractivity contribution >= 4 is 17.6 Å². The first-order valence-corrected chi connectivity index (χ1v) is 6.77. The van der Waals surface area contributed by atoms with E-state index in [-0.39, 0.29) is 0 Å². The molecule has 1 saturated carbocycles. The van der Waals surface area contributed by atoms with Crippen LogP contribution in [-0.2, 0) is 11.2 Å². The molecule has 1 aromatic rings. The molecule has 0 aliphatic heterocycles. The van der Waals surface area contributed by atoms with E-state index in [1.807, 2.05) is 6.07 Å². The first-order valence-electron chi connectivity index (χ1n) is 6.39. The van der Waals surface area contributed by atoms with Crippen LogP contribution in [0.1, 0.15) is 38.2 Å². The first-order chi connectivity index (χ1) is 8.57. The van der Waals surface area contributed by atoms with Gasteiger partial charge in [-0.1, -0.05) is 24.9 Å². The fraction of sp³-hybridized carbons (Fsp3) is 0.571. The summed E-state index contributed by atoms with van der Waals surface area (Å²) in [6.07, 6.45) is 7.34. The number of pyridine rings is 1. The monoisotopic (exact) mass is 267 g/mol. The minimum atomic E-state index is -0.689. The topological polar surface area (TPSA) is 50.2 Å². The number of rotatable bonds is 4. The van der Waals surface area contributed by atoms with E-state index in [2.05, 4.69) is 11.9 Å². The van der Waals surface area contributed by atoms with E-state index < -0.39 is 11.4 Å². The van der Waals surface area contributed by atoms with Crippen molar-refractivity contribution < 1.29 is 9.90 Å². The molecule has 1 aromatic heterocycles. The summed E-state index contributed by atoms with van der Waals surface area (Å²) in [5.74, 6) is -0.159. The van der Waals surface area contributed by atoms with Gasteiger partial charge in [-0.15, -0.1) is 0 Å². The molecule has 0 aromatic carbocycles. The molecule has 0 spiro atoms. The van der Waals surface area contributed by atoms with Crippen molar-refractivity contribution in [2.45, 2.75) is 39.0 Å². The second kappa shape index (κ2) is 5.27. The average molecular weight is 268 g/mol. The Labute approximate surface area is 112 Å². The molecule has 0 bridgehead atoms. The van der Waals surface area contributed by atoms with Gasteiger partial charge in [0, 0.05) is 12.4 Å². The summed E-state index contributed by atoms with van der Waals surface area (Å²) in [5, 5.41) is 10.1. The van der Waals surface area contributed by atoms with Crippen LogP contribution in [0.2, 0.25) is 5.02 Å². The van der Waals surface area contributed by atoms with Crippen LogP contribution >= 0.6 is 11.6 Å². The highest BCUT2D eigenvalue weighted by Gasteiger charge is 2.45. The van der Waals surface area contributed by atoms with Crippen LogP contribution in [0, 0.1) is 11.3 Å². The second-order valence-corrected chi connectivity index (χ2v) is 5.65. The molecule has 0 saturated heterocycles. The van der Waals surface area contributed by atoms with E-state index >= 15 is 0 Å². The number of carboxylic acids is 1. The van der Waals surface area contributed by atoms with Gasteiger partial charge in [0.05, 0.1) is 10.4 Å².